The Bertz CT molecular complexity index is 403. The summed E-state index contributed by atoms with van der Waals surface area (Å²) in [7, 11) is 1.64. The summed E-state index contributed by atoms with van der Waals surface area (Å²) in [6.07, 6.45) is 0. The molecule has 0 saturated carbocycles. The third-order valence-electron chi connectivity index (χ3n) is 2.03. The van der Waals surface area contributed by atoms with E-state index in [0.717, 1.165) is 0 Å². The van der Waals surface area contributed by atoms with Crippen LogP contribution in [0.4, 0.5) is 14.5 Å². The largest absolute Gasteiger partial charge is 0.434 e. The first-order valence-corrected chi connectivity index (χ1v) is 5.03. The third-order valence-corrected chi connectivity index (χ3v) is 2.03. The predicted molar refractivity (Wildman–Crippen MR) is 67.6 cm³/mol. The van der Waals surface area contributed by atoms with Crippen LogP contribution in [0.1, 0.15) is 5.56 Å². The van der Waals surface area contributed by atoms with Crippen molar-refractivity contribution in [2.45, 2.75) is 13.5 Å². The van der Waals surface area contributed by atoms with Crippen LogP contribution < -0.4 is 15.4 Å². The lowest BCUT2D eigenvalue weighted by Gasteiger charge is -2.10. The Morgan fingerprint density at radius 1 is 1.44 bits per heavy atom. The van der Waals surface area contributed by atoms with Gasteiger partial charge in [0.25, 0.3) is 0 Å². The summed E-state index contributed by atoms with van der Waals surface area (Å²) in [6.45, 7) is -1.08. The van der Waals surface area contributed by atoms with Gasteiger partial charge in [-0.3, -0.25) is 4.79 Å². The fourth-order valence-electron chi connectivity index (χ4n) is 1.27. The van der Waals surface area contributed by atoms with Gasteiger partial charge in [-0.05, 0) is 25.6 Å². The fourth-order valence-corrected chi connectivity index (χ4v) is 1.27. The molecule has 1 aromatic rings. The number of hydrogen-bond acceptors (Lipinski definition) is 3. The number of benzene rings is 1. The molecule has 0 spiro atoms. The molecular weight excluding hydrogens is 266 g/mol. The molecule has 102 valence electrons. The first-order valence-electron chi connectivity index (χ1n) is 5.03. The smallest absolute Gasteiger partial charge is 0.387 e. The number of hydrogen-bond donors (Lipinski definition) is 2. The average Bonchev–Trinajstić information content (AvgIpc) is 2.22. The van der Waals surface area contributed by atoms with E-state index in [1.165, 1.54) is 6.07 Å². The Labute approximate surface area is 110 Å². The molecule has 0 radical (unpaired) electrons. The van der Waals surface area contributed by atoms with Crippen LogP contribution in [0.15, 0.2) is 18.2 Å². The third kappa shape index (κ3) is 5.29. The molecule has 1 rings (SSSR count). The van der Waals surface area contributed by atoms with Crippen LogP contribution in [0, 0.1) is 6.92 Å². The molecule has 0 atom stereocenters. The maximum Gasteiger partial charge on any atom is 0.387 e. The number of halogens is 3. The van der Waals surface area contributed by atoms with Gasteiger partial charge in [0.1, 0.15) is 5.75 Å². The highest BCUT2D eigenvalue weighted by molar-refractivity contribution is 5.92. The number of nitrogens with one attached hydrogen (secondary N) is 2. The Morgan fingerprint density at radius 3 is 2.67 bits per heavy atom. The van der Waals surface area contributed by atoms with E-state index in [1.807, 2.05) is 0 Å². The molecule has 0 aliphatic carbocycles. The van der Waals surface area contributed by atoms with Crippen molar-refractivity contribution >= 4 is 24.0 Å². The number of aryl methyl sites for hydroxylation is 1. The number of amides is 1. The van der Waals surface area contributed by atoms with E-state index < -0.39 is 6.61 Å². The highest BCUT2D eigenvalue weighted by Gasteiger charge is 2.09. The van der Waals surface area contributed by atoms with Crippen LogP contribution in [-0.4, -0.2) is 26.1 Å². The lowest BCUT2D eigenvalue weighted by atomic mass is 10.2. The topological polar surface area (TPSA) is 50.4 Å². The van der Waals surface area contributed by atoms with Gasteiger partial charge in [0, 0.05) is 11.8 Å². The van der Waals surface area contributed by atoms with Crippen molar-refractivity contribution in [3.8, 4) is 5.75 Å². The van der Waals surface area contributed by atoms with Crippen LogP contribution in [0.3, 0.4) is 0 Å². The molecule has 0 aliphatic rings. The van der Waals surface area contributed by atoms with E-state index in [4.69, 9.17) is 0 Å². The maximum absolute atomic E-state index is 12.1. The van der Waals surface area contributed by atoms with E-state index in [2.05, 4.69) is 15.4 Å². The van der Waals surface area contributed by atoms with E-state index in [9.17, 15) is 13.6 Å². The van der Waals surface area contributed by atoms with Gasteiger partial charge in [-0.15, -0.1) is 12.4 Å². The monoisotopic (exact) mass is 280 g/mol. The second-order valence-electron chi connectivity index (χ2n) is 3.44. The second-order valence-corrected chi connectivity index (χ2v) is 3.44. The molecule has 0 bridgehead atoms. The molecular formula is C11H15ClF2N2O2. The van der Waals surface area contributed by atoms with Crippen molar-refractivity contribution in [1.82, 2.24) is 5.32 Å². The first-order chi connectivity index (χ1) is 8.02. The van der Waals surface area contributed by atoms with Crippen LogP contribution in [-0.2, 0) is 4.79 Å². The molecule has 0 aromatic heterocycles. The zero-order chi connectivity index (χ0) is 12.8. The van der Waals surface area contributed by atoms with Crippen molar-refractivity contribution in [2.24, 2.45) is 0 Å². The molecule has 0 aliphatic heterocycles. The minimum absolute atomic E-state index is 0. The highest BCUT2D eigenvalue weighted by atomic mass is 35.5. The molecule has 1 aromatic carbocycles. The van der Waals surface area contributed by atoms with Crippen molar-refractivity contribution in [1.29, 1.82) is 0 Å². The number of anilines is 1. The van der Waals surface area contributed by atoms with E-state index in [-0.39, 0.29) is 30.6 Å². The van der Waals surface area contributed by atoms with Gasteiger partial charge < -0.3 is 15.4 Å². The highest BCUT2D eigenvalue weighted by Crippen LogP contribution is 2.24. The summed E-state index contributed by atoms with van der Waals surface area (Å²) in [5.74, 6) is -0.193. The van der Waals surface area contributed by atoms with Crippen molar-refractivity contribution in [3.63, 3.8) is 0 Å². The van der Waals surface area contributed by atoms with E-state index in [0.29, 0.717) is 11.3 Å². The van der Waals surface area contributed by atoms with Crippen molar-refractivity contribution < 1.29 is 18.3 Å². The van der Waals surface area contributed by atoms with Crippen molar-refractivity contribution in [3.05, 3.63) is 23.8 Å². The molecule has 0 saturated heterocycles. The van der Waals surface area contributed by atoms with Gasteiger partial charge >= 0.3 is 6.61 Å². The summed E-state index contributed by atoms with van der Waals surface area (Å²) in [5, 5.41) is 5.24. The molecule has 7 heteroatoms. The molecule has 18 heavy (non-hydrogen) atoms. The van der Waals surface area contributed by atoms with Gasteiger partial charge in [-0.25, -0.2) is 0 Å². The summed E-state index contributed by atoms with van der Waals surface area (Å²) in [4.78, 5) is 11.3. The number of likely N-dealkylation sites (N-methyl/N-ethyl adjacent to an activating group) is 1. The minimum atomic E-state index is -2.88. The Morgan fingerprint density at radius 2 is 2.11 bits per heavy atom. The number of alkyl halides is 2. The van der Waals surface area contributed by atoms with Crippen LogP contribution in [0.25, 0.3) is 0 Å². The minimum Gasteiger partial charge on any atom is -0.434 e. The number of carbonyl (C=O) groups is 1. The first kappa shape index (κ1) is 16.6. The number of ether oxygens (including phenoxy) is 1. The molecule has 4 nitrogen and oxygen atoms in total. The van der Waals surface area contributed by atoms with E-state index in [1.54, 1.807) is 26.1 Å². The van der Waals surface area contributed by atoms with E-state index >= 15 is 0 Å². The van der Waals surface area contributed by atoms with Crippen LogP contribution >= 0.6 is 12.4 Å². The van der Waals surface area contributed by atoms with Gasteiger partial charge in [0.05, 0.1) is 6.54 Å². The van der Waals surface area contributed by atoms with Gasteiger partial charge in [-0.1, -0.05) is 6.07 Å². The fraction of sp³-hybridized carbons (Fsp3) is 0.364. The number of rotatable bonds is 5. The maximum atomic E-state index is 12.1. The summed E-state index contributed by atoms with van der Waals surface area (Å²) in [5.41, 5.74) is 1.00. The van der Waals surface area contributed by atoms with Gasteiger partial charge in [0.15, 0.2) is 0 Å². The van der Waals surface area contributed by atoms with Crippen LogP contribution in [0.2, 0.25) is 0 Å². The lowest BCUT2D eigenvalue weighted by molar-refractivity contribution is -0.115. The quantitative estimate of drug-likeness (QED) is 0.869. The zero-order valence-electron chi connectivity index (χ0n) is 10.00. The second kappa shape index (κ2) is 7.84. The zero-order valence-corrected chi connectivity index (χ0v) is 10.8. The van der Waals surface area contributed by atoms with Gasteiger partial charge in [-0.2, -0.15) is 8.78 Å². The average molecular weight is 281 g/mol. The van der Waals surface area contributed by atoms with Crippen LogP contribution in [0.5, 0.6) is 5.75 Å². The Hall–Kier alpha value is -1.40. The lowest BCUT2D eigenvalue weighted by Crippen LogP contribution is -2.25. The standard InChI is InChI=1S/C11H14F2N2O2.ClH/c1-7-3-4-8(15-10(16)6-14-2)5-9(7)17-11(12)13;/h3-5,11,14H,6H2,1-2H3,(H,15,16);1H. The predicted octanol–water partition coefficient (Wildman–Crippen LogP) is 2.18. The molecule has 1 amide bonds. The molecule has 2 N–H and O–H groups in total. The molecule has 0 unspecified atom stereocenters. The Balaban J connectivity index is 0.00000289. The van der Waals surface area contributed by atoms with Crippen molar-refractivity contribution in [2.75, 3.05) is 18.9 Å². The summed E-state index contributed by atoms with van der Waals surface area (Å²) < 4.78 is 28.5. The summed E-state index contributed by atoms with van der Waals surface area (Å²) >= 11 is 0. The SMILES string of the molecule is CNCC(=O)Nc1ccc(C)c(OC(F)F)c1.Cl. The normalized spacial score (nSPS) is 9.83. The molecule has 0 heterocycles. The number of carbonyl (C=O) groups excluding carboxylic acids is 1. The molecule has 0 fully saturated rings. The summed E-state index contributed by atoms with van der Waals surface area (Å²) in [6, 6.07) is 4.60. The Kier molecular flexibility index (Phi) is 7.23. The van der Waals surface area contributed by atoms with Gasteiger partial charge in [0.2, 0.25) is 5.91 Å².